The number of nitrogens with zero attached hydrogens (tertiary/aromatic N) is 3. The van der Waals surface area contributed by atoms with Crippen molar-refractivity contribution in [2.24, 2.45) is 0 Å². The molecule has 2 aromatic heterocycles. The zero-order valence-electron chi connectivity index (χ0n) is 27.2. The first kappa shape index (κ1) is 30.8. The van der Waals surface area contributed by atoms with Crippen molar-refractivity contribution in [1.82, 2.24) is 14.8 Å². The number of benzene rings is 4. The SMILES string of the molecule is CCCCCCCCc1ccc(-c2nnc(-c3ccc(C(CC)CCC(C)n4c5ccccc5c5ccccc54)cc3)o2)cc1. The summed E-state index contributed by atoms with van der Waals surface area (Å²) in [6.45, 7) is 6.93. The second-order valence-electron chi connectivity index (χ2n) is 12.7. The van der Waals surface area contributed by atoms with Crippen LogP contribution >= 0.6 is 0 Å². The maximum atomic E-state index is 6.12. The molecule has 45 heavy (non-hydrogen) atoms. The molecule has 0 spiro atoms. The van der Waals surface area contributed by atoms with Crippen LogP contribution in [0.2, 0.25) is 0 Å². The van der Waals surface area contributed by atoms with Gasteiger partial charge in [-0.2, -0.15) is 0 Å². The normalized spacial score (nSPS) is 13.0. The summed E-state index contributed by atoms with van der Waals surface area (Å²) in [5, 5.41) is 11.4. The molecule has 0 saturated heterocycles. The van der Waals surface area contributed by atoms with Crippen molar-refractivity contribution in [3.05, 3.63) is 108 Å². The van der Waals surface area contributed by atoms with Gasteiger partial charge in [-0.05, 0) is 92.5 Å². The first-order valence-corrected chi connectivity index (χ1v) is 17.2. The van der Waals surface area contributed by atoms with Gasteiger partial charge in [-0.1, -0.05) is 107 Å². The Morgan fingerprint density at radius 2 is 1.18 bits per heavy atom. The van der Waals surface area contributed by atoms with Crippen LogP contribution in [0, 0.1) is 0 Å². The lowest BCUT2D eigenvalue weighted by Crippen LogP contribution is -2.07. The largest absolute Gasteiger partial charge is 0.416 e. The molecule has 2 unspecified atom stereocenters. The third kappa shape index (κ3) is 7.06. The molecule has 4 nitrogen and oxygen atoms in total. The lowest BCUT2D eigenvalue weighted by atomic mass is 9.90. The zero-order chi connectivity index (χ0) is 31.0. The van der Waals surface area contributed by atoms with E-state index in [2.05, 4.69) is 133 Å². The second kappa shape index (κ2) is 14.7. The van der Waals surface area contributed by atoms with Crippen molar-refractivity contribution in [2.75, 3.05) is 0 Å². The topological polar surface area (TPSA) is 43.9 Å². The predicted molar refractivity (Wildman–Crippen MR) is 189 cm³/mol. The number of hydrogen-bond acceptors (Lipinski definition) is 3. The third-order valence-corrected chi connectivity index (χ3v) is 9.56. The molecule has 0 N–H and O–H groups in total. The van der Waals surface area contributed by atoms with Crippen molar-refractivity contribution in [1.29, 1.82) is 0 Å². The Labute approximate surface area is 268 Å². The molecule has 2 atom stereocenters. The highest BCUT2D eigenvalue weighted by Crippen LogP contribution is 2.35. The van der Waals surface area contributed by atoms with Crippen LogP contribution in [-0.4, -0.2) is 14.8 Å². The van der Waals surface area contributed by atoms with Crippen molar-refractivity contribution in [2.45, 2.75) is 96.9 Å². The molecule has 2 heterocycles. The minimum Gasteiger partial charge on any atom is -0.416 e. The van der Waals surface area contributed by atoms with E-state index in [0.717, 1.165) is 36.8 Å². The van der Waals surface area contributed by atoms with Crippen LogP contribution < -0.4 is 0 Å². The molecule has 0 radical (unpaired) electrons. The van der Waals surface area contributed by atoms with Crippen LogP contribution in [0.4, 0.5) is 0 Å². The number of aromatic nitrogens is 3. The first-order chi connectivity index (χ1) is 22.2. The Morgan fingerprint density at radius 1 is 0.622 bits per heavy atom. The fourth-order valence-corrected chi connectivity index (χ4v) is 6.88. The monoisotopic (exact) mass is 597 g/mol. The number of unbranched alkanes of at least 4 members (excludes halogenated alkanes) is 5. The molecule has 0 aliphatic rings. The van der Waals surface area contributed by atoms with E-state index in [9.17, 15) is 0 Å². The predicted octanol–water partition coefficient (Wildman–Crippen LogP) is 11.9. The summed E-state index contributed by atoms with van der Waals surface area (Å²) >= 11 is 0. The summed E-state index contributed by atoms with van der Waals surface area (Å²) in [6.07, 6.45) is 12.4. The summed E-state index contributed by atoms with van der Waals surface area (Å²) in [4.78, 5) is 0. The maximum Gasteiger partial charge on any atom is 0.248 e. The molecule has 232 valence electrons. The molecule has 0 fully saturated rings. The van der Waals surface area contributed by atoms with Crippen LogP contribution in [0.3, 0.4) is 0 Å². The van der Waals surface area contributed by atoms with Gasteiger partial charge in [0.2, 0.25) is 11.8 Å². The summed E-state index contributed by atoms with van der Waals surface area (Å²) in [5.41, 5.74) is 7.33. The molecule has 0 aliphatic carbocycles. The van der Waals surface area contributed by atoms with Crippen molar-refractivity contribution >= 4 is 21.8 Å². The fraction of sp³-hybridized carbons (Fsp3) is 0.366. The maximum absolute atomic E-state index is 6.12. The lowest BCUT2D eigenvalue weighted by molar-refractivity contribution is 0.468. The van der Waals surface area contributed by atoms with Gasteiger partial charge in [0.15, 0.2) is 0 Å². The van der Waals surface area contributed by atoms with E-state index in [-0.39, 0.29) is 0 Å². The highest BCUT2D eigenvalue weighted by molar-refractivity contribution is 6.08. The van der Waals surface area contributed by atoms with Gasteiger partial charge in [-0.3, -0.25) is 0 Å². The van der Waals surface area contributed by atoms with Gasteiger partial charge in [0.1, 0.15) is 0 Å². The van der Waals surface area contributed by atoms with Gasteiger partial charge >= 0.3 is 0 Å². The van der Waals surface area contributed by atoms with Crippen molar-refractivity contribution in [3.63, 3.8) is 0 Å². The van der Waals surface area contributed by atoms with Gasteiger partial charge in [0.05, 0.1) is 0 Å². The molecule has 6 rings (SSSR count). The molecule has 0 saturated carbocycles. The Bertz CT molecular complexity index is 1740. The third-order valence-electron chi connectivity index (χ3n) is 9.56. The van der Waals surface area contributed by atoms with Crippen molar-refractivity contribution < 1.29 is 4.42 Å². The first-order valence-electron chi connectivity index (χ1n) is 17.2. The van der Waals surface area contributed by atoms with Gasteiger partial charge in [0, 0.05) is 39.0 Å². The minimum atomic E-state index is 0.407. The van der Waals surface area contributed by atoms with Gasteiger partial charge in [-0.15, -0.1) is 10.2 Å². The molecular weight excluding hydrogens is 550 g/mol. The highest BCUT2D eigenvalue weighted by Gasteiger charge is 2.18. The molecule has 4 heteroatoms. The molecule has 4 aromatic carbocycles. The number of hydrogen-bond donors (Lipinski definition) is 0. The summed E-state index contributed by atoms with van der Waals surface area (Å²) in [7, 11) is 0. The van der Waals surface area contributed by atoms with E-state index in [0.29, 0.717) is 23.7 Å². The summed E-state index contributed by atoms with van der Waals surface area (Å²) < 4.78 is 8.66. The Hall–Kier alpha value is -4.18. The van der Waals surface area contributed by atoms with E-state index >= 15 is 0 Å². The second-order valence-corrected chi connectivity index (χ2v) is 12.7. The van der Waals surface area contributed by atoms with Gasteiger partial charge in [-0.25, -0.2) is 0 Å². The van der Waals surface area contributed by atoms with Gasteiger partial charge < -0.3 is 8.98 Å². The number of para-hydroxylation sites is 2. The van der Waals surface area contributed by atoms with E-state index in [1.165, 1.54) is 71.5 Å². The minimum absolute atomic E-state index is 0.407. The van der Waals surface area contributed by atoms with Crippen LogP contribution in [0.25, 0.3) is 44.7 Å². The zero-order valence-corrected chi connectivity index (χ0v) is 27.2. The van der Waals surface area contributed by atoms with Crippen LogP contribution in [0.5, 0.6) is 0 Å². The Morgan fingerprint density at radius 3 is 1.78 bits per heavy atom. The molecule has 0 aliphatic heterocycles. The highest BCUT2D eigenvalue weighted by atomic mass is 16.4. The van der Waals surface area contributed by atoms with E-state index in [4.69, 9.17) is 4.42 Å². The fourth-order valence-electron chi connectivity index (χ4n) is 6.88. The summed E-state index contributed by atoms with van der Waals surface area (Å²) in [5.74, 6) is 1.65. The summed E-state index contributed by atoms with van der Waals surface area (Å²) in [6, 6.07) is 35.4. The molecule has 0 bridgehead atoms. The van der Waals surface area contributed by atoms with E-state index in [1.807, 2.05) is 0 Å². The molecule has 0 amide bonds. The Kier molecular flexibility index (Phi) is 10.1. The van der Waals surface area contributed by atoms with Crippen LogP contribution in [0.1, 0.15) is 102 Å². The lowest BCUT2D eigenvalue weighted by Gasteiger charge is -2.21. The van der Waals surface area contributed by atoms with Crippen LogP contribution in [0.15, 0.2) is 101 Å². The van der Waals surface area contributed by atoms with E-state index in [1.54, 1.807) is 0 Å². The smallest absolute Gasteiger partial charge is 0.248 e. The van der Waals surface area contributed by atoms with Gasteiger partial charge in [0.25, 0.3) is 0 Å². The van der Waals surface area contributed by atoms with Crippen molar-refractivity contribution in [3.8, 4) is 22.9 Å². The molecular formula is C41H47N3O. The quantitative estimate of drug-likeness (QED) is 0.111. The molecule has 6 aromatic rings. The standard InChI is InChI=1S/C41H47N3O/c1-4-6-7-8-9-10-15-31-21-24-34(25-22-31)40-42-43-41(45-40)35-28-26-33(27-29-35)32(5-2)23-20-30(3)44-38-18-13-11-16-36(38)37-17-12-14-19-39(37)44/h11-14,16-19,21-22,24-30,32H,4-10,15,20,23H2,1-3H3. The number of fused-ring (bicyclic) bond motifs is 3. The average Bonchev–Trinajstić information content (AvgIpc) is 3.71. The number of aryl methyl sites for hydroxylation is 1. The van der Waals surface area contributed by atoms with E-state index < -0.39 is 0 Å². The van der Waals surface area contributed by atoms with Crippen LogP contribution in [-0.2, 0) is 6.42 Å². The average molecular weight is 598 g/mol. The number of rotatable bonds is 15. The Balaban J connectivity index is 1.07.